The van der Waals surface area contributed by atoms with Crippen molar-refractivity contribution in [2.24, 2.45) is 0 Å². The van der Waals surface area contributed by atoms with Gasteiger partial charge in [0.05, 0.1) is 132 Å². The third-order valence-corrected chi connectivity index (χ3v) is 7.88. The van der Waals surface area contributed by atoms with Crippen LogP contribution < -0.4 is 0 Å². The van der Waals surface area contributed by atoms with Crippen LogP contribution in [0.15, 0.2) is 0 Å². The van der Waals surface area contributed by atoms with E-state index in [1.807, 2.05) is 0 Å². The molecule has 0 aromatic rings. The van der Waals surface area contributed by atoms with Crippen LogP contribution in [0.3, 0.4) is 0 Å². The van der Waals surface area contributed by atoms with Crippen LogP contribution in [0.1, 0.15) is 51.4 Å². The lowest BCUT2D eigenvalue weighted by atomic mass is 10.1. The molecule has 274 valence electrons. The molecule has 0 aliphatic carbocycles. The summed E-state index contributed by atoms with van der Waals surface area (Å²) in [6.45, 7) is 18.4. The summed E-state index contributed by atoms with van der Waals surface area (Å²) in [5, 5.41) is 0. The molecule has 2 saturated heterocycles. The van der Waals surface area contributed by atoms with Gasteiger partial charge in [0, 0.05) is 26.2 Å². The highest BCUT2D eigenvalue weighted by Gasteiger charge is 2.08. The Balaban J connectivity index is 1.50. The van der Waals surface area contributed by atoms with Crippen molar-refractivity contribution in [3.63, 3.8) is 0 Å². The van der Waals surface area contributed by atoms with Gasteiger partial charge in [-0.1, -0.05) is 38.5 Å². The standard InChI is InChI=1S/C34H68N2O10/c1(3-5-7-9-35-11-15-37-19-23-41-27-31-45-32-28-42-24-20-38-16-12-35)2-4-6-8-10-36-13-17-39-21-25-43-29-33-46-34-30-44-26-22-40-18-14-36/h1-34H2. The molecule has 0 saturated carbocycles. The molecule has 0 unspecified atom stereocenters. The van der Waals surface area contributed by atoms with E-state index in [0.29, 0.717) is 106 Å². The molecule has 0 aromatic heterocycles. The molecule has 2 aliphatic rings. The Morgan fingerprint density at radius 2 is 0.391 bits per heavy atom. The van der Waals surface area contributed by atoms with Gasteiger partial charge in [0.15, 0.2) is 0 Å². The lowest BCUT2D eigenvalue weighted by molar-refractivity contribution is -0.0186. The molecule has 12 heteroatoms. The van der Waals surface area contributed by atoms with E-state index in [1.54, 1.807) is 0 Å². The zero-order valence-corrected chi connectivity index (χ0v) is 29.0. The molecule has 0 bridgehead atoms. The molecule has 0 atom stereocenters. The van der Waals surface area contributed by atoms with Crippen molar-refractivity contribution in [2.75, 3.05) is 171 Å². The van der Waals surface area contributed by atoms with Crippen LogP contribution in [0.2, 0.25) is 0 Å². The molecule has 0 amide bonds. The Labute approximate surface area is 279 Å². The summed E-state index contributed by atoms with van der Waals surface area (Å²) in [6.07, 6.45) is 10.2. The van der Waals surface area contributed by atoms with Crippen LogP contribution in [0.25, 0.3) is 0 Å². The number of rotatable bonds is 11. The summed E-state index contributed by atoms with van der Waals surface area (Å²) in [5.74, 6) is 0. The average Bonchev–Trinajstić information content (AvgIpc) is 3.06. The maximum absolute atomic E-state index is 5.80. The van der Waals surface area contributed by atoms with Gasteiger partial charge in [-0.15, -0.1) is 0 Å². The second-order valence-electron chi connectivity index (χ2n) is 11.6. The summed E-state index contributed by atoms with van der Waals surface area (Å²) in [6, 6.07) is 0. The molecule has 0 N–H and O–H groups in total. The summed E-state index contributed by atoms with van der Waals surface area (Å²) >= 11 is 0. The first-order chi connectivity index (χ1) is 22.9. The van der Waals surface area contributed by atoms with Crippen LogP contribution >= 0.6 is 0 Å². The van der Waals surface area contributed by atoms with Crippen LogP contribution in [0.4, 0.5) is 0 Å². The van der Waals surface area contributed by atoms with Crippen molar-refractivity contribution in [1.29, 1.82) is 0 Å². The molecule has 0 spiro atoms. The molecule has 2 aliphatic heterocycles. The molecular formula is C34H68N2O10. The normalized spacial score (nSPS) is 22.7. The molecule has 12 nitrogen and oxygen atoms in total. The van der Waals surface area contributed by atoms with E-state index in [1.165, 1.54) is 51.4 Å². The molecule has 2 heterocycles. The topological polar surface area (TPSA) is 98.8 Å². The maximum atomic E-state index is 5.80. The van der Waals surface area contributed by atoms with E-state index in [0.717, 1.165) is 65.7 Å². The monoisotopic (exact) mass is 664 g/mol. The van der Waals surface area contributed by atoms with E-state index >= 15 is 0 Å². The molecule has 0 aromatic carbocycles. The first kappa shape index (κ1) is 41.7. The van der Waals surface area contributed by atoms with Crippen molar-refractivity contribution in [3.8, 4) is 0 Å². The summed E-state index contributed by atoms with van der Waals surface area (Å²) in [5.41, 5.74) is 0. The van der Waals surface area contributed by atoms with E-state index in [4.69, 9.17) is 47.4 Å². The van der Waals surface area contributed by atoms with Gasteiger partial charge in [-0.25, -0.2) is 0 Å². The second kappa shape index (κ2) is 34.4. The second-order valence-corrected chi connectivity index (χ2v) is 11.6. The Morgan fingerprint density at radius 1 is 0.217 bits per heavy atom. The van der Waals surface area contributed by atoms with Crippen LogP contribution in [0.5, 0.6) is 0 Å². The smallest absolute Gasteiger partial charge is 0.0701 e. The van der Waals surface area contributed by atoms with Gasteiger partial charge in [0.2, 0.25) is 0 Å². The van der Waals surface area contributed by atoms with Crippen molar-refractivity contribution in [1.82, 2.24) is 9.80 Å². The van der Waals surface area contributed by atoms with Gasteiger partial charge >= 0.3 is 0 Å². The number of nitrogens with zero attached hydrogens (tertiary/aromatic N) is 2. The SMILES string of the molecule is C(CCCCCN1CCOCCOCCOCCOCCOCC1)CCCCN1CCOCCOCCOCCOCCOCC1. The van der Waals surface area contributed by atoms with E-state index in [-0.39, 0.29) is 0 Å². The fourth-order valence-corrected chi connectivity index (χ4v) is 5.14. The minimum atomic E-state index is 0.588. The summed E-state index contributed by atoms with van der Waals surface area (Å²) < 4.78 is 56.4. The highest BCUT2D eigenvalue weighted by atomic mass is 16.6. The third-order valence-electron chi connectivity index (χ3n) is 7.88. The molecule has 2 rings (SSSR count). The predicted octanol–water partition coefficient (Wildman–Crippen LogP) is 2.90. The predicted molar refractivity (Wildman–Crippen MR) is 178 cm³/mol. The first-order valence-electron chi connectivity index (χ1n) is 18.2. The molecular weight excluding hydrogens is 596 g/mol. The Hall–Kier alpha value is -0.480. The highest BCUT2D eigenvalue weighted by Crippen LogP contribution is 2.10. The Morgan fingerprint density at radius 3 is 0.609 bits per heavy atom. The number of hydrogen-bond acceptors (Lipinski definition) is 12. The van der Waals surface area contributed by atoms with Crippen molar-refractivity contribution < 1.29 is 47.4 Å². The lowest BCUT2D eigenvalue weighted by Gasteiger charge is -2.22. The average molecular weight is 665 g/mol. The zero-order chi connectivity index (χ0) is 32.3. The fourth-order valence-electron chi connectivity index (χ4n) is 5.14. The van der Waals surface area contributed by atoms with E-state index < -0.39 is 0 Å². The van der Waals surface area contributed by atoms with E-state index in [2.05, 4.69) is 9.80 Å². The van der Waals surface area contributed by atoms with Crippen molar-refractivity contribution in [3.05, 3.63) is 0 Å². The number of hydrogen-bond donors (Lipinski definition) is 0. The van der Waals surface area contributed by atoms with Crippen LogP contribution in [0, 0.1) is 0 Å². The third kappa shape index (κ3) is 28.5. The van der Waals surface area contributed by atoms with Gasteiger partial charge in [-0.2, -0.15) is 0 Å². The Bertz CT molecular complexity index is 524. The largest absolute Gasteiger partial charge is 0.378 e. The lowest BCUT2D eigenvalue weighted by Crippen LogP contribution is -2.32. The van der Waals surface area contributed by atoms with Crippen molar-refractivity contribution >= 4 is 0 Å². The number of unbranched alkanes of at least 4 members (excludes halogenated alkanes) is 7. The fraction of sp³-hybridized carbons (Fsp3) is 1.00. The van der Waals surface area contributed by atoms with Gasteiger partial charge in [-0.05, 0) is 25.9 Å². The quantitative estimate of drug-likeness (QED) is 0.304. The highest BCUT2D eigenvalue weighted by molar-refractivity contribution is 4.60. The first-order valence-corrected chi connectivity index (χ1v) is 18.2. The Kier molecular flexibility index (Phi) is 31.2. The van der Waals surface area contributed by atoms with Gasteiger partial charge in [0.25, 0.3) is 0 Å². The van der Waals surface area contributed by atoms with Crippen LogP contribution in [-0.4, -0.2) is 181 Å². The minimum Gasteiger partial charge on any atom is -0.378 e. The summed E-state index contributed by atoms with van der Waals surface area (Å²) in [7, 11) is 0. The zero-order valence-electron chi connectivity index (χ0n) is 29.0. The van der Waals surface area contributed by atoms with Gasteiger partial charge in [0.1, 0.15) is 0 Å². The van der Waals surface area contributed by atoms with Gasteiger partial charge < -0.3 is 47.4 Å². The molecule has 0 radical (unpaired) electrons. The van der Waals surface area contributed by atoms with Gasteiger partial charge in [-0.3, -0.25) is 9.80 Å². The molecule has 2 fully saturated rings. The van der Waals surface area contributed by atoms with Crippen molar-refractivity contribution in [2.45, 2.75) is 51.4 Å². The maximum Gasteiger partial charge on any atom is 0.0701 e. The molecule has 46 heavy (non-hydrogen) atoms. The van der Waals surface area contributed by atoms with E-state index in [9.17, 15) is 0 Å². The number of ether oxygens (including phenoxy) is 10. The van der Waals surface area contributed by atoms with Crippen LogP contribution in [-0.2, 0) is 47.4 Å². The minimum absolute atomic E-state index is 0.588. The summed E-state index contributed by atoms with van der Waals surface area (Å²) in [4.78, 5) is 4.94.